The minimum Gasteiger partial charge on any atom is -0.493 e. The highest BCUT2D eigenvalue weighted by molar-refractivity contribution is 7.89. The smallest absolute Gasteiger partial charge is 0.236 e. The van der Waals surface area contributed by atoms with Gasteiger partial charge in [-0.05, 0) is 30.4 Å². The zero-order chi connectivity index (χ0) is 21.2. The first-order chi connectivity index (χ1) is 13.8. The molecule has 2 aromatic carbocycles. The van der Waals surface area contributed by atoms with Crippen LogP contribution in [0.15, 0.2) is 48.7 Å². The number of hydrogen-bond acceptors (Lipinski definition) is 6. The van der Waals surface area contributed by atoms with Crippen LogP contribution in [-0.4, -0.2) is 45.8 Å². The number of carbonyl (C=O) groups is 1. The summed E-state index contributed by atoms with van der Waals surface area (Å²) in [6.45, 7) is 0. The largest absolute Gasteiger partial charge is 0.493 e. The van der Waals surface area contributed by atoms with Gasteiger partial charge in [0, 0.05) is 22.7 Å². The zero-order valence-corrected chi connectivity index (χ0v) is 17.3. The second-order valence-electron chi connectivity index (χ2n) is 6.27. The summed E-state index contributed by atoms with van der Waals surface area (Å²) in [5.41, 5.74) is 1.52. The third kappa shape index (κ3) is 3.97. The van der Waals surface area contributed by atoms with Gasteiger partial charge in [0.1, 0.15) is 0 Å². The molecule has 0 fully saturated rings. The molecule has 0 aliphatic rings. The molecule has 29 heavy (non-hydrogen) atoms. The van der Waals surface area contributed by atoms with Gasteiger partial charge in [0.25, 0.3) is 0 Å². The van der Waals surface area contributed by atoms with Crippen molar-refractivity contribution in [1.29, 1.82) is 0 Å². The molecule has 0 bridgehead atoms. The van der Waals surface area contributed by atoms with Crippen LogP contribution in [0.5, 0.6) is 17.2 Å². The molecular weight excluding hydrogens is 394 g/mol. The molecule has 0 radical (unpaired) electrons. The average molecular weight is 415 g/mol. The van der Waals surface area contributed by atoms with Crippen molar-refractivity contribution in [3.8, 4) is 17.2 Å². The van der Waals surface area contributed by atoms with Crippen molar-refractivity contribution in [3.05, 3.63) is 59.8 Å². The monoisotopic (exact) mass is 415 g/mol. The van der Waals surface area contributed by atoms with E-state index < -0.39 is 10.0 Å². The third-order valence-electron chi connectivity index (χ3n) is 4.43. The number of aromatic nitrogens is 1. The highest BCUT2D eigenvalue weighted by Gasteiger charge is 2.17. The number of benzene rings is 2. The van der Waals surface area contributed by atoms with Crippen LogP contribution in [0.3, 0.4) is 0 Å². The van der Waals surface area contributed by atoms with E-state index in [2.05, 4.69) is 0 Å². The number of methoxy groups -OCH3 is 3. The van der Waals surface area contributed by atoms with Gasteiger partial charge >= 0.3 is 0 Å². The van der Waals surface area contributed by atoms with Crippen LogP contribution in [0.4, 0.5) is 0 Å². The van der Waals surface area contributed by atoms with Crippen LogP contribution in [0.1, 0.15) is 15.9 Å². The van der Waals surface area contributed by atoms with Crippen LogP contribution in [0.2, 0.25) is 0 Å². The molecule has 152 valence electrons. The van der Waals surface area contributed by atoms with Crippen LogP contribution < -0.4 is 14.2 Å². The van der Waals surface area contributed by atoms with Gasteiger partial charge in [-0.2, -0.15) is 0 Å². The molecule has 0 saturated heterocycles. The molecule has 8 heteroatoms. The van der Waals surface area contributed by atoms with Gasteiger partial charge in [-0.3, -0.25) is 4.79 Å². The second kappa shape index (κ2) is 8.00. The Hall–Kier alpha value is -3.26. The molecule has 7 nitrogen and oxygen atoms in total. The molecule has 0 aliphatic carbocycles. The van der Waals surface area contributed by atoms with E-state index in [1.165, 1.54) is 37.6 Å². The first kappa shape index (κ1) is 20.5. The molecule has 0 spiro atoms. The fourth-order valence-electron chi connectivity index (χ4n) is 3.07. The number of fused-ring (bicyclic) bond motifs is 1. The molecular formula is C21H21NO6S. The maximum atomic E-state index is 12.7. The number of para-hydroxylation sites is 1. The van der Waals surface area contributed by atoms with Crippen molar-refractivity contribution in [2.24, 2.45) is 0 Å². The molecule has 3 aromatic rings. The highest BCUT2D eigenvalue weighted by Crippen LogP contribution is 2.38. The lowest BCUT2D eigenvalue weighted by Gasteiger charge is -2.13. The highest BCUT2D eigenvalue weighted by atomic mass is 32.2. The molecule has 0 atom stereocenters. The lowest BCUT2D eigenvalue weighted by atomic mass is 10.1. The number of hydrogen-bond donors (Lipinski definition) is 0. The van der Waals surface area contributed by atoms with Crippen molar-refractivity contribution in [3.63, 3.8) is 0 Å². The fraction of sp³-hybridized carbons (Fsp3) is 0.190. The van der Waals surface area contributed by atoms with Gasteiger partial charge in [0.15, 0.2) is 17.3 Å². The van der Waals surface area contributed by atoms with Crippen molar-refractivity contribution in [1.82, 2.24) is 3.97 Å². The number of ketones is 1. The summed E-state index contributed by atoms with van der Waals surface area (Å²) in [4.78, 5) is 12.7. The van der Waals surface area contributed by atoms with E-state index in [0.29, 0.717) is 33.9 Å². The molecule has 0 aliphatic heterocycles. The first-order valence-corrected chi connectivity index (χ1v) is 10.5. The third-order valence-corrected chi connectivity index (χ3v) is 5.45. The van der Waals surface area contributed by atoms with E-state index in [4.69, 9.17) is 14.2 Å². The number of rotatable bonds is 7. The Labute approximate surface area is 169 Å². The maximum Gasteiger partial charge on any atom is 0.236 e. The topological polar surface area (TPSA) is 83.8 Å². The van der Waals surface area contributed by atoms with Gasteiger partial charge in [0.2, 0.25) is 15.8 Å². The summed E-state index contributed by atoms with van der Waals surface area (Å²) in [5.74, 6) is 0.849. The Morgan fingerprint density at radius 2 is 1.62 bits per heavy atom. The summed E-state index contributed by atoms with van der Waals surface area (Å²) in [6, 6.07) is 10.2. The quantitative estimate of drug-likeness (QED) is 0.435. The summed E-state index contributed by atoms with van der Waals surface area (Å²) in [7, 11) is 0.959. The lowest BCUT2D eigenvalue weighted by Crippen LogP contribution is -2.07. The Morgan fingerprint density at radius 1 is 1.00 bits per heavy atom. The Balaban J connectivity index is 2.02. The van der Waals surface area contributed by atoms with Crippen molar-refractivity contribution < 1.29 is 27.4 Å². The second-order valence-corrected chi connectivity index (χ2v) is 8.13. The van der Waals surface area contributed by atoms with Gasteiger partial charge in [0.05, 0.1) is 33.1 Å². The Morgan fingerprint density at radius 3 is 2.17 bits per heavy atom. The first-order valence-electron chi connectivity index (χ1n) is 8.63. The van der Waals surface area contributed by atoms with Gasteiger partial charge < -0.3 is 14.2 Å². The van der Waals surface area contributed by atoms with Gasteiger partial charge in [-0.1, -0.05) is 18.2 Å². The summed E-state index contributed by atoms with van der Waals surface area (Å²) in [6.07, 6.45) is 5.61. The van der Waals surface area contributed by atoms with E-state index in [0.717, 1.165) is 11.6 Å². The van der Waals surface area contributed by atoms with E-state index in [9.17, 15) is 13.2 Å². The number of ether oxygens (including phenoxy) is 3. The molecule has 1 heterocycles. The zero-order valence-electron chi connectivity index (χ0n) is 16.5. The molecule has 0 unspecified atom stereocenters. The number of nitrogens with zero attached hydrogens (tertiary/aromatic N) is 1. The molecule has 0 saturated carbocycles. The van der Waals surface area contributed by atoms with E-state index in [1.807, 2.05) is 6.07 Å². The molecule has 3 rings (SSSR count). The van der Waals surface area contributed by atoms with Crippen LogP contribution in [0, 0.1) is 0 Å². The molecule has 1 aromatic heterocycles. The van der Waals surface area contributed by atoms with Crippen LogP contribution in [-0.2, 0) is 10.0 Å². The standard InChI is InChI=1S/C21H21NO6S/c1-26-19-11-15(12-20(27-2)21(19)28-3)18(23)10-9-14-13-22(29(4,24)25)17-8-6-5-7-16(14)17/h5-13H,1-4H3/b10-9+. The Bertz CT molecular complexity index is 1180. The predicted molar refractivity (Wildman–Crippen MR) is 112 cm³/mol. The van der Waals surface area contributed by atoms with Crippen molar-refractivity contribution >= 4 is 32.8 Å². The molecule has 0 amide bonds. The lowest BCUT2D eigenvalue weighted by molar-refractivity contribution is 0.104. The summed E-state index contributed by atoms with van der Waals surface area (Å²) < 4.78 is 41.1. The van der Waals surface area contributed by atoms with Crippen molar-refractivity contribution in [2.75, 3.05) is 27.6 Å². The Kier molecular flexibility index (Phi) is 5.65. The predicted octanol–water partition coefficient (Wildman–Crippen LogP) is 3.37. The van der Waals surface area contributed by atoms with Crippen molar-refractivity contribution in [2.45, 2.75) is 0 Å². The van der Waals surface area contributed by atoms with E-state index in [1.54, 1.807) is 36.4 Å². The SMILES string of the molecule is COc1cc(C(=O)/C=C/c2cn(S(C)(=O)=O)c3ccccc23)cc(OC)c1OC. The normalized spacial score (nSPS) is 11.7. The van der Waals surface area contributed by atoms with Crippen LogP contribution in [0.25, 0.3) is 17.0 Å². The van der Waals surface area contributed by atoms with E-state index >= 15 is 0 Å². The average Bonchev–Trinajstić information content (AvgIpc) is 3.10. The summed E-state index contributed by atoms with van der Waals surface area (Å²) in [5, 5.41) is 0.729. The fourth-order valence-corrected chi connectivity index (χ4v) is 3.89. The molecule has 0 N–H and O–H groups in total. The van der Waals surface area contributed by atoms with E-state index in [-0.39, 0.29) is 5.78 Å². The van der Waals surface area contributed by atoms with Gasteiger partial charge in [-0.25, -0.2) is 12.4 Å². The van der Waals surface area contributed by atoms with Crippen LogP contribution >= 0.6 is 0 Å². The minimum absolute atomic E-state index is 0.291. The maximum absolute atomic E-state index is 12.7. The number of carbonyl (C=O) groups excluding carboxylic acids is 1. The number of allylic oxidation sites excluding steroid dienone is 1. The van der Waals surface area contributed by atoms with Gasteiger partial charge in [-0.15, -0.1) is 0 Å². The summed E-state index contributed by atoms with van der Waals surface area (Å²) >= 11 is 0. The minimum atomic E-state index is -3.47.